The summed E-state index contributed by atoms with van der Waals surface area (Å²) in [7, 11) is 6.54. The number of alkyl halides is 1. The van der Waals surface area contributed by atoms with Gasteiger partial charge in [0.2, 0.25) is 0 Å². The van der Waals surface area contributed by atoms with Crippen molar-refractivity contribution < 1.29 is 0 Å². The topological polar surface area (TPSA) is 6.48 Å². The molecule has 1 aliphatic carbocycles. The van der Waals surface area contributed by atoms with Crippen LogP contribution in [0.3, 0.4) is 0 Å². The lowest BCUT2D eigenvalue weighted by atomic mass is 9.94. The molecule has 1 fully saturated rings. The molecular weight excluding hydrogens is 240 g/mol. The van der Waals surface area contributed by atoms with Gasteiger partial charge in [-0.05, 0) is 34.0 Å². The molecule has 0 bridgehead atoms. The predicted octanol–water partition coefficient (Wildman–Crippen LogP) is 2.19. The maximum absolute atomic E-state index is 3.81. The molecular formula is C11H23BrN2. The largest absolute Gasteiger partial charge is 0.308 e. The van der Waals surface area contributed by atoms with E-state index in [1.54, 1.807) is 0 Å². The van der Waals surface area contributed by atoms with Crippen molar-refractivity contribution in [2.45, 2.75) is 36.6 Å². The Hall–Kier alpha value is 0.400. The van der Waals surface area contributed by atoms with Crippen LogP contribution >= 0.6 is 15.9 Å². The quantitative estimate of drug-likeness (QED) is 0.717. The van der Waals surface area contributed by atoms with E-state index in [-0.39, 0.29) is 0 Å². The minimum absolute atomic E-state index is 0.711. The van der Waals surface area contributed by atoms with Crippen molar-refractivity contribution in [2.24, 2.45) is 0 Å². The molecule has 3 heteroatoms. The minimum atomic E-state index is 0.711. The van der Waals surface area contributed by atoms with Gasteiger partial charge in [-0.15, -0.1) is 0 Å². The summed E-state index contributed by atoms with van der Waals surface area (Å²) in [5, 5.41) is 0. The number of nitrogens with zero attached hydrogens (tertiary/aromatic N) is 2. The van der Waals surface area contributed by atoms with E-state index in [0.29, 0.717) is 4.83 Å². The molecule has 0 N–H and O–H groups in total. The molecule has 0 amide bonds. The lowest BCUT2D eigenvalue weighted by Crippen LogP contribution is -2.43. The molecule has 0 spiro atoms. The van der Waals surface area contributed by atoms with E-state index in [0.717, 1.165) is 12.6 Å². The molecule has 2 unspecified atom stereocenters. The molecule has 14 heavy (non-hydrogen) atoms. The zero-order chi connectivity index (χ0) is 10.6. The minimum Gasteiger partial charge on any atom is -0.308 e. The van der Waals surface area contributed by atoms with E-state index < -0.39 is 0 Å². The van der Waals surface area contributed by atoms with Gasteiger partial charge in [-0.3, -0.25) is 0 Å². The second-order valence-electron chi connectivity index (χ2n) is 4.65. The van der Waals surface area contributed by atoms with Crippen LogP contribution in [0.2, 0.25) is 0 Å². The van der Waals surface area contributed by atoms with Crippen molar-refractivity contribution in [1.82, 2.24) is 9.80 Å². The Morgan fingerprint density at radius 3 is 2.29 bits per heavy atom. The molecule has 0 aromatic rings. The van der Waals surface area contributed by atoms with Gasteiger partial charge in [0.1, 0.15) is 0 Å². The zero-order valence-electron chi connectivity index (χ0n) is 9.67. The van der Waals surface area contributed by atoms with E-state index in [1.807, 2.05) is 0 Å². The maximum atomic E-state index is 3.81. The summed E-state index contributed by atoms with van der Waals surface area (Å²) in [5.74, 6) is 0. The van der Waals surface area contributed by atoms with Crippen LogP contribution in [-0.4, -0.2) is 54.9 Å². The fourth-order valence-electron chi connectivity index (χ4n) is 2.09. The molecule has 0 saturated heterocycles. The summed E-state index contributed by atoms with van der Waals surface area (Å²) in [5.41, 5.74) is 0. The lowest BCUT2D eigenvalue weighted by Gasteiger charge is -2.35. The predicted molar refractivity (Wildman–Crippen MR) is 66.2 cm³/mol. The number of likely N-dealkylation sites (N-methyl/N-ethyl adjacent to an activating group) is 2. The highest BCUT2D eigenvalue weighted by Gasteiger charge is 2.25. The van der Waals surface area contributed by atoms with E-state index in [2.05, 4.69) is 46.9 Å². The molecule has 0 heterocycles. The third-order valence-corrected chi connectivity index (χ3v) is 4.18. The van der Waals surface area contributed by atoms with Crippen molar-refractivity contribution in [2.75, 3.05) is 34.2 Å². The first kappa shape index (κ1) is 12.5. The zero-order valence-corrected chi connectivity index (χ0v) is 11.3. The molecule has 0 aromatic carbocycles. The van der Waals surface area contributed by atoms with Gasteiger partial charge in [0.15, 0.2) is 0 Å². The Morgan fingerprint density at radius 1 is 1.07 bits per heavy atom. The summed E-state index contributed by atoms with van der Waals surface area (Å²) < 4.78 is 0. The second-order valence-corrected chi connectivity index (χ2v) is 5.83. The number of hydrogen-bond acceptors (Lipinski definition) is 2. The lowest BCUT2D eigenvalue weighted by molar-refractivity contribution is 0.184. The molecule has 1 aliphatic rings. The Bertz CT molecular complexity index is 161. The Labute approximate surface area is 96.8 Å². The van der Waals surface area contributed by atoms with Crippen molar-refractivity contribution in [3.05, 3.63) is 0 Å². The highest BCUT2D eigenvalue weighted by atomic mass is 79.9. The van der Waals surface area contributed by atoms with Gasteiger partial charge in [0.05, 0.1) is 0 Å². The normalized spacial score (nSPS) is 28.7. The Kier molecular flexibility index (Phi) is 5.42. The second kappa shape index (κ2) is 6.09. The van der Waals surface area contributed by atoms with Gasteiger partial charge in [0.25, 0.3) is 0 Å². The molecule has 1 rings (SSSR count). The molecule has 1 saturated carbocycles. The van der Waals surface area contributed by atoms with Gasteiger partial charge in [-0.1, -0.05) is 28.8 Å². The van der Waals surface area contributed by atoms with Gasteiger partial charge >= 0.3 is 0 Å². The van der Waals surface area contributed by atoms with E-state index in [4.69, 9.17) is 0 Å². The molecule has 0 aromatic heterocycles. The smallest absolute Gasteiger partial charge is 0.0301 e. The van der Waals surface area contributed by atoms with Crippen molar-refractivity contribution in [1.29, 1.82) is 0 Å². The summed E-state index contributed by atoms with van der Waals surface area (Å²) >= 11 is 3.81. The average molecular weight is 263 g/mol. The van der Waals surface area contributed by atoms with Crippen LogP contribution in [0, 0.1) is 0 Å². The van der Waals surface area contributed by atoms with Crippen molar-refractivity contribution in [3.63, 3.8) is 0 Å². The van der Waals surface area contributed by atoms with Crippen LogP contribution in [0.15, 0.2) is 0 Å². The number of hydrogen-bond donors (Lipinski definition) is 0. The van der Waals surface area contributed by atoms with Gasteiger partial charge < -0.3 is 9.80 Å². The molecule has 0 radical (unpaired) electrons. The first-order chi connectivity index (χ1) is 6.61. The van der Waals surface area contributed by atoms with Crippen LogP contribution < -0.4 is 0 Å². The Balaban J connectivity index is 2.30. The summed E-state index contributed by atoms with van der Waals surface area (Å²) in [6.07, 6.45) is 5.50. The molecule has 84 valence electrons. The first-order valence-corrected chi connectivity index (χ1v) is 6.52. The summed E-state index contributed by atoms with van der Waals surface area (Å²) in [6.45, 7) is 2.34. The SMILES string of the molecule is CN(C)CCN(C)C1CCCCC1Br. The van der Waals surface area contributed by atoms with Crippen LogP contribution in [0.1, 0.15) is 25.7 Å². The van der Waals surface area contributed by atoms with Crippen LogP contribution in [0.5, 0.6) is 0 Å². The van der Waals surface area contributed by atoms with Gasteiger partial charge in [-0.2, -0.15) is 0 Å². The Morgan fingerprint density at radius 2 is 1.71 bits per heavy atom. The molecule has 2 atom stereocenters. The third kappa shape index (κ3) is 3.87. The van der Waals surface area contributed by atoms with Crippen LogP contribution in [0.25, 0.3) is 0 Å². The molecule has 2 nitrogen and oxygen atoms in total. The molecule has 0 aliphatic heterocycles. The number of rotatable bonds is 4. The highest BCUT2D eigenvalue weighted by molar-refractivity contribution is 9.09. The third-order valence-electron chi connectivity index (χ3n) is 3.11. The van der Waals surface area contributed by atoms with Gasteiger partial charge in [0, 0.05) is 24.0 Å². The van der Waals surface area contributed by atoms with E-state index in [9.17, 15) is 0 Å². The van der Waals surface area contributed by atoms with Crippen LogP contribution in [0.4, 0.5) is 0 Å². The highest BCUT2D eigenvalue weighted by Crippen LogP contribution is 2.27. The van der Waals surface area contributed by atoms with E-state index >= 15 is 0 Å². The fraction of sp³-hybridized carbons (Fsp3) is 1.00. The first-order valence-electron chi connectivity index (χ1n) is 5.60. The summed E-state index contributed by atoms with van der Waals surface area (Å²) in [4.78, 5) is 5.48. The van der Waals surface area contributed by atoms with Crippen molar-refractivity contribution in [3.8, 4) is 0 Å². The number of halogens is 1. The average Bonchev–Trinajstić information content (AvgIpc) is 2.15. The van der Waals surface area contributed by atoms with E-state index in [1.165, 1.54) is 32.2 Å². The monoisotopic (exact) mass is 262 g/mol. The fourth-order valence-corrected chi connectivity index (χ4v) is 3.08. The maximum Gasteiger partial charge on any atom is 0.0301 e. The van der Waals surface area contributed by atoms with Crippen LogP contribution in [-0.2, 0) is 0 Å². The summed E-state index contributed by atoms with van der Waals surface area (Å²) in [6, 6.07) is 0.753. The van der Waals surface area contributed by atoms with Gasteiger partial charge in [-0.25, -0.2) is 0 Å². The standard InChI is InChI=1S/C11H23BrN2/c1-13(2)8-9-14(3)11-7-5-4-6-10(11)12/h10-11H,4-9H2,1-3H3. The van der Waals surface area contributed by atoms with Crippen molar-refractivity contribution >= 4 is 15.9 Å².